The summed E-state index contributed by atoms with van der Waals surface area (Å²) in [4.78, 5) is 34.7. The fourth-order valence-corrected chi connectivity index (χ4v) is 2.94. The van der Waals surface area contributed by atoms with Crippen LogP contribution in [0, 0.1) is 0 Å². The van der Waals surface area contributed by atoms with E-state index in [-0.39, 0.29) is 5.91 Å². The van der Waals surface area contributed by atoms with E-state index in [4.69, 9.17) is 4.74 Å². The number of nitrogens with zero attached hydrogens (tertiary/aromatic N) is 3. The van der Waals surface area contributed by atoms with Crippen molar-refractivity contribution >= 4 is 23.5 Å². The third-order valence-corrected chi connectivity index (χ3v) is 4.31. The largest absolute Gasteiger partial charge is 0.465 e. The number of hydrogen-bond donors (Lipinski definition) is 1. The summed E-state index contributed by atoms with van der Waals surface area (Å²) in [5.74, 6) is -0.173. The Morgan fingerprint density at radius 2 is 1.88 bits per heavy atom. The first-order valence-electron chi connectivity index (χ1n) is 8.75. The van der Waals surface area contributed by atoms with Gasteiger partial charge in [0.1, 0.15) is 5.69 Å². The number of nitrogens with one attached hydrogen (secondary N) is 1. The summed E-state index contributed by atoms with van der Waals surface area (Å²) >= 11 is 0. The smallest absolute Gasteiger partial charge is 0.337 e. The molecular formula is C19H22N4O3. The third-order valence-electron chi connectivity index (χ3n) is 4.31. The number of likely N-dealkylation sites (tertiary alicyclic amines) is 1. The summed E-state index contributed by atoms with van der Waals surface area (Å²) in [6.07, 6.45) is 5.95. The van der Waals surface area contributed by atoms with Crippen molar-refractivity contribution in [1.82, 2.24) is 14.9 Å². The predicted octanol–water partition coefficient (Wildman–Crippen LogP) is 3.02. The molecule has 3 rings (SSSR count). The van der Waals surface area contributed by atoms with Gasteiger partial charge in [-0.3, -0.25) is 4.79 Å². The number of rotatable bonds is 4. The second-order valence-corrected chi connectivity index (χ2v) is 6.17. The predicted molar refractivity (Wildman–Crippen MR) is 97.5 cm³/mol. The highest BCUT2D eigenvalue weighted by atomic mass is 16.5. The van der Waals surface area contributed by atoms with Crippen LogP contribution in [0.3, 0.4) is 0 Å². The maximum atomic E-state index is 12.7. The molecule has 1 N–H and O–H groups in total. The summed E-state index contributed by atoms with van der Waals surface area (Å²) in [6, 6.07) is 8.47. The molecule has 0 spiro atoms. The van der Waals surface area contributed by atoms with Crippen molar-refractivity contribution < 1.29 is 14.3 Å². The summed E-state index contributed by atoms with van der Waals surface area (Å²) in [7, 11) is 1.34. The molecule has 1 aromatic carbocycles. The van der Waals surface area contributed by atoms with Gasteiger partial charge in [0.05, 0.1) is 12.7 Å². The van der Waals surface area contributed by atoms with E-state index in [9.17, 15) is 9.59 Å². The minimum atomic E-state index is -0.417. The highest BCUT2D eigenvalue weighted by Crippen LogP contribution is 2.17. The summed E-state index contributed by atoms with van der Waals surface area (Å²) in [6.45, 7) is 1.54. The molecule has 0 bridgehead atoms. The Morgan fingerprint density at radius 3 is 2.62 bits per heavy atom. The van der Waals surface area contributed by atoms with Gasteiger partial charge in [-0.1, -0.05) is 18.9 Å². The number of carbonyl (C=O) groups is 2. The van der Waals surface area contributed by atoms with Gasteiger partial charge in [-0.2, -0.15) is 0 Å². The maximum Gasteiger partial charge on any atom is 0.337 e. The molecule has 2 heterocycles. The molecule has 136 valence electrons. The fourth-order valence-electron chi connectivity index (χ4n) is 2.94. The van der Waals surface area contributed by atoms with Crippen LogP contribution in [0.15, 0.2) is 36.5 Å². The molecule has 1 saturated heterocycles. The fraction of sp³-hybridized carbons (Fsp3) is 0.368. The third kappa shape index (κ3) is 4.36. The Kier molecular flexibility index (Phi) is 5.78. The molecule has 1 aromatic heterocycles. The zero-order valence-electron chi connectivity index (χ0n) is 14.8. The number of esters is 1. The van der Waals surface area contributed by atoms with Crippen LogP contribution in [0.25, 0.3) is 0 Å². The van der Waals surface area contributed by atoms with E-state index in [0.717, 1.165) is 38.8 Å². The van der Waals surface area contributed by atoms with Gasteiger partial charge in [-0.05, 0) is 37.1 Å². The number of anilines is 2. The molecule has 0 radical (unpaired) electrons. The van der Waals surface area contributed by atoms with E-state index in [1.807, 2.05) is 4.90 Å². The van der Waals surface area contributed by atoms with Crippen LogP contribution >= 0.6 is 0 Å². The van der Waals surface area contributed by atoms with E-state index in [1.54, 1.807) is 36.5 Å². The molecule has 26 heavy (non-hydrogen) atoms. The van der Waals surface area contributed by atoms with E-state index in [2.05, 4.69) is 15.3 Å². The van der Waals surface area contributed by atoms with Crippen LogP contribution in [0.1, 0.15) is 46.5 Å². The van der Waals surface area contributed by atoms with Gasteiger partial charge >= 0.3 is 5.97 Å². The second kappa shape index (κ2) is 8.42. The molecule has 7 nitrogen and oxygen atoms in total. The molecule has 7 heteroatoms. The molecule has 1 fully saturated rings. The number of carbonyl (C=O) groups excluding carboxylic acids is 2. The summed E-state index contributed by atoms with van der Waals surface area (Å²) < 4.78 is 4.72. The van der Waals surface area contributed by atoms with Gasteiger partial charge in [0.15, 0.2) is 0 Å². The lowest BCUT2D eigenvalue weighted by molar-refractivity contribution is 0.0600. The van der Waals surface area contributed by atoms with Crippen molar-refractivity contribution in [3.05, 3.63) is 47.8 Å². The van der Waals surface area contributed by atoms with E-state index >= 15 is 0 Å². The first kappa shape index (κ1) is 17.8. The van der Waals surface area contributed by atoms with Crippen LogP contribution < -0.4 is 5.32 Å². The molecule has 0 unspecified atom stereocenters. The number of amides is 1. The molecule has 2 aromatic rings. The first-order valence-corrected chi connectivity index (χ1v) is 8.75. The van der Waals surface area contributed by atoms with Crippen molar-refractivity contribution in [2.24, 2.45) is 0 Å². The monoisotopic (exact) mass is 354 g/mol. The number of ether oxygens (including phenoxy) is 1. The summed E-state index contributed by atoms with van der Waals surface area (Å²) in [5, 5.41) is 3.03. The Bertz CT molecular complexity index is 786. The molecule has 1 amide bonds. The van der Waals surface area contributed by atoms with Crippen LogP contribution in [0.4, 0.5) is 11.6 Å². The maximum absolute atomic E-state index is 12.7. The lowest BCUT2D eigenvalue weighted by Gasteiger charge is -2.19. The highest BCUT2D eigenvalue weighted by molar-refractivity contribution is 5.93. The zero-order chi connectivity index (χ0) is 18.4. The van der Waals surface area contributed by atoms with Crippen molar-refractivity contribution in [2.45, 2.75) is 25.7 Å². The minimum absolute atomic E-state index is 0.0688. The van der Waals surface area contributed by atoms with Crippen LogP contribution in [-0.2, 0) is 4.74 Å². The Morgan fingerprint density at radius 1 is 1.12 bits per heavy atom. The average Bonchev–Trinajstić information content (AvgIpc) is 2.96. The molecule has 1 aliphatic heterocycles. The van der Waals surface area contributed by atoms with Gasteiger partial charge in [0, 0.05) is 25.0 Å². The lowest BCUT2D eigenvalue weighted by Crippen LogP contribution is -2.32. The number of aromatic nitrogens is 2. The molecular weight excluding hydrogens is 332 g/mol. The molecule has 0 atom stereocenters. The van der Waals surface area contributed by atoms with Crippen LogP contribution in [0.5, 0.6) is 0 Å². The van der Waals surface area contributed by atoms with Gasteiger partial charge in [-0.25, -0.2) is 14.8 Å². The molecule has 1 aliphatic rings. The topological polar surface area (TPSA) is 84.4 Å². The Balaban J connectivity index is 1.75. The van der Waals surface area contributed by atoms with E-state index in [0.29, 0.717) is 22.9 Å². The van der Waals surface area contributed by atoms with Gasteiger partial charge in [-0.15, -0.1) is 0 Å². The van der Waals surface area contributed by atoms with Crippen LogP contribution in [-0.4, -0.2) is 46.9 Å². The van der Waals surface area contributed by atoms with Gasteiger partial charge in [0.2, 0.25) is 5.95 Å². The van der Waals surface area contributed by atoms with Crippen molar-refractivity contribution in [1.29, 1.82) is 0 Å². The summed E-state index contributed by atoms with van der Waals surface area (Å²) in [5.41, 5.74) is 1.44. The number of benzene rings is 1. The van der Waals surface area contributed by atoms with Crippen molar-refractivity contribution in [2.75, 3.05) is 25.5 Å². The van der Waals surface area contributed by atoms with E-state index < -0.39 is 5.97 Å². The Hall–Kier alpha value is -2.96. The quantitative estimate of drug-likeness (QED) is 0.850. The lowest BCUT2D eigenvalue weighted by atomic mass is 10.2. The molecule has 0 aliphatic carbocycles. The SMILES string of the molecule is COC(=O)c1cccc(Nc2nccc(C(=O)N3CCCCCC3)n2)c1. The first-order chi connectivity index (χ1) is 12.7. The van der Waals surface area contributed by atoms with Gasteiger partial charge < -0.3 is 15.0 Å². The molecule has 0 saturated carbocycles. The normalized spacial score (nSPS) is 14.4. The van der Waals surface area contributed by atoms with Crippen molar-refractivity contribution in [3.63, 3.8) is 0 Å². The highest BCUT2D eigenvalue weighted by Gasteiger charge is 2.19. The van der Waals surface area contributed by atoms with Crippen LogP contribution in [0.2, 0.25) is 0 Å². The zero-order valence-corrected chi connectivity index (χ0v) is 14.8. The Labute approximate surface area is 152 Å². The average molecular weight is 354 g/mol. The minimum Gasteiger partial charge on any atom is -0.465 e. The van der Waals surface area contributed by atoms with E-state index in [1.165, 1.54) is 7.11 Å². The van der Waals surface area contributed by atoms with Crippen molar-refractivity contribution in [3.8, 4) is 0 Å². The second-order valence-electron chi connectivity index (χ2n) is 6.17. The number of hydrogen-bond acceptors (Lipinski definition) is 6. The number of methoxy groups -OCH3 is 1. The standard InChI is InChI=1S/C19H22N4O3/c1-26-18(25)14-7-6-8-15(13-14)21-19-20-10-9-16(22-19)17(24)23-11-4-2-3-5-12-23/h6-10,13H,2-5,11-12H2,1H3,(H,20,21,22). The van der Waals surface area contributed by atoms with Gasteiger partial charge in [0.25, 0.3) is 5.91 Å².